The van der Waals surface area contributed by atoms with Crippen molar-refractivity contribution in [3.63, 3.8) is 0 Å². The molecule has 0 aliphatic heterocycles. The van der Waals surface area contributed by atoms with Crippen molar-refractivity contribution < 1.29 is 9.90 Å². The highest BCUT2D eigenvalue weighted by Crippen LogP contribution is 2.36. The van der Waals surface area contributed by atoms with Crippen LogP contribution in [0.4, 0.5) is 5.82 Å². The molecule has 0 saturated carbocycles. The van der Waals surface area contributed by atoms with Crippen LogP contribution in [0.2, 0.25) is 0 Å². The molecule has 1 atom stereocenters. The molecule has 0 saturated heterocycles. The van der Waals surface area contributed by atoms with E-state index in [0.717, 1.165) is 30.4 Å². The van der Waals surface area contributed by atoms with E-state index in [1.54, 1.807) is 12.1 Å². The number of nitrogens with zero attached hydrogens (tertiary/aromatic N) is 2. The molecule has 2 aromatic rings. The van der Waals surface area contributed by atoms with Gasteiger partial charge in [0.1, 0.15) is 5.75 Å². The van der Waals surface area contributed by atoms with Gasteiger partial charge in [0.15, 0.2) is 5.82 Å². The van der Waals surface area contributed by atoms with E-state index in [4.69, 9.17) is 0 Å². The number of aromatic hydroxyl groups is 1. The van der Waals surface area contributed by atoms with Crippen molar-refractivity contribution in [2.24, 2.45) is 0 Å². The van der Waals surface area contributed by atoms with E-state index in [0.29, 0.717) is 5.82 Å². The number of fused-ring (bicyclic) bond motifs is 1. The Labute approximate surface area is 109 Å². The van der Waals surface area contributed by atoms with E-state index < -0.39 is 0 Å². The highest BCUT2D eigenvalue weighted by molar-refractivity contribution is 5.95. The first-order chi connectivity index (χ1) is 9.25. The van der Waals surface area contributed by atoms with Crippen molar-refractivity contribution in [2.75, 3.05) is 5.32 Å². The SMILES string of the molecule is O=C(Nc1cn[nH]n1)C1CCCc2c(O)cccc21. The normalized spacial score (nSPS) is 17.8. The van der Waals surface area contributed by atoms with E-state index in [1.165, 1.54) is 6.20 Å². The standard InChI is InChI=1S/C13H14N4O2/c18-11-6-2-3-8-9(11)4-1-5-10(8)13(19)15-12-7-14-17-16-12/h2-3,6-7,10,18H,1,4-5H2,(H2,14,15,16,17,19). The molecule has 19 heavy (non-hydrogen) atoms. The number of aromatic amines is 1. The molecule has 0 radical (unpaired) electrons. The number of nitrogens with one attached hydrogen (secondary N) is 2. The fourth-order valence-corrected chi connectivity index (χ4v) is 2.58. The first kappa shape index (κ1) is 11.7. The summed E-state index contributed by atoms with van der Waals surface area (Å²) in [5, 5.41) is 22.5. The molecule has 1 amide bonds. The Bertz CT molecular complexity index is 595. The van der Waals surface area contributed by atoms with Crippen LogP contribution in [-0.4, -0.2) is 26.4 Å². The Morgan fingerprint density at radius 2 is 2.37 bits per heavy atom. The van der Waals surface area contributed by atoms with Crippen LogP contribution in [-0.2, 0) is 11.2 Å². The van der Waals surface area contributed by atoms with Crippen LogP contribution in [0.5, 0.6) is 5.75 Å². The number of aromatic nitrogens is 3. The van der Waals surface area contributed by atoms with Crippen molar-refractivity contribution in [2.45, 2.75) is 25.2 Å². The monoisotopic (exact) mass is 258 g/mol. The first-order valence-electron chi connectivity index (χ1n) is 6.23. The Kier molecular flexibility index (Phi) is 2.91. The van der Waals surface area contributed by atoms with Gasteiger partial charge in [-0.25, -0.2) is 0 Å². The molecule has 3 N–H and O–H groups in total. The number of hydrogen-bond donors (Lipinski definition) is 3. The zero-order chi connectivity index (χ0) is 13.2. The van der Waals surface area contributed by atoms with Gasteiger partial charge in [-0.05, 0) is 36.5 Å². The molecular formula is C13H14N4O2. The Hall–Kier alpha value is -2.37. The number of phenols is 1. The lowest BCUT2D eigenvalue weighted by Gasteiger charge is -2.24. The van der Waals surface area contributed by atoms with Crippen molar-refractivity contribution in [3.8, 4) is 5.75 Å². The van der Waals surface area contributed by atoms with Gasteiger partial charge in [-0.15, -0.1) is 5.10 Å². The number of carbonyl (C=O) groups is 1. The van der Waals surface area contributed by atoms with E-state index >= 15 is 0 Å². The third-order valence-electron chi connectivity index (χ3n) is 3.47. The lowest BCUT2D eigenvalue weighted by atomic mass is 9.82. The smallest absolute Gasteiger partial charge is 0.233 e. The van der Waals surface area contributed by atoms with Gasteiger partial charge in [0.05, 0.1) is 12.1 Å². The number of benzene rings is 1. The minimum Gasteiger partial charge on any atom is -0.508 e. The molecule has 1 aliphatic rings. The van der Waals surface area contributed by atoms with Crippen LogP contribution < -0.4 is 5.32 Å². The van der Waals surface area contributed by atoms with Crippen LogP contribution in [0, 0.1) is 0 Å². The lowest BCUT2D eigenvalue weighted by molar-refractivity contribution is -0.117. The van der Waals surface area contributed by atoms with E-state index in [-0.39, 0.29) is 17.6 Å². The number of anilines is 1. The largest absolute Gasteiger partial charge is 0.508 e. The Morgan fingerprint density at radius 3 is 3.16 bits per heavy atom. The maximum atomic E-state index is 12.3. The molecule has 1 aromatic heterocycles. The molecule has 1 aromatic carbocycles. The molecule has 6 heteroatoms. The summed E-state index contributed by atoms with van der Waals surface area (Å²) in [6.45, 7) is 0. The Balaban J connectivity index is 1.87. The number of hydrogen-bond acceptors (Lipinski definition) is 4. The highest BCUT2D eigenvalue weighted by Gasteiger charge is 2.28. The quantitative estimate of drug-likeness (QED) is 0.762. The zero-order valence-electron chi connectivity index (χ0n) is 10.3. The maximum Gasteiger partial charge on any atom is 0.233 e. The highest BCUT2D eigenvalue weighted by atomic mass is 16.3. The number of rotatable bonds is 2. The zero-order valence-corrected chi connectivity index (χ0v) is 10.3. The molecular weight excluding hydrogens is 244 g/mol. The third kappa shape index (κ3) is 2.16. The van der Waals surface area contributed by atoms with Crippen molar-refractivity contribution in [3.05, 3.63) is 35.5 Å². The van der Waals surface area contributed by atoms with Crippen LogP contribution in [0.1, 0.15) is 29.9 Å². The number of amides is 1. The van der Waals surface area contributed by atoms with Crippen molar-refractivity contribution in [1.29, 1.82) is 0 Å². The van der Waals surface area contributed by atoms with Gasteiger partial charge >= 0.3 is 0 Å². The van der Waals surface area contributed by atoms with Gasteiger partial charge < -0.3 is 10.4 Å². The molecule has 1 unspecified atom stereocenters. The van der Waals surface area contributed by atoms with Crippen LogP contribution >= 0.6 is 0 Å². The van der Waals surface area contributed by atoms with Crippen molar-refractivity contribution in [1.82, 2.24) is 15.4 Å². The van der Waals surface area contributed by atoms with Crippen molar-refractivity contribution >= 4 is 11.7 Å². The summed E-state index contributed by atoms with van der Waals surface area (Å²) >= 11 is 0. The third-order valence-corrected chi connectivity index (χ3v) is 3.47. The van der Waals surface area contributed by atoms with Gasteiger partial charge in [0, 0.05) is 0 Å². The minimum atomic E-state index is -0.243. The molecule has 6 nitrogen and oxygen atoms in total. The van der Waals surface area contributed by atoms with E-state index in [2.05, 4.69) is 20.7 Å². The van der Waals surface area contributed by atoms with Crippen LogP contribution in [0.3, 0.4) is 0 Å². The fourth-order valence-electron chi connectivity index (χ4n) is 2.58. The average Bonchev–Trinajstić information content (AvgIpc) is 2.91. The molecule has 0 bridgehead atoms. The summed E-state index contributed by atoms with van der Waals surface area (Å²) in [7, 11) is 0. The van der Waals surface area contributed by atoms with Gasteiger partial charge in [-0.2, -0.15) is 10.3 Å². The summed E-state index contributed by atoms with van der Waals surface area (Å²) in [4.78, 5) is 12.3. The second-order valence-corrected chi connectivity index (χ2v) is 4.63. The fraction of sp³-hybridized carbons (Fsp3) is 0.308. The summed E-state index contributed by atoms with van der Waals surface area (Å²) in [6.07, 6.45) is 3.95. The van der Waals surface area contributed by atoms with Gasteiger partial charge in [0.2, 0.25) is 5.91 Å². The predicted molar refractivity (Wildman–Crippen MR) is 68.8 cm³/mol. The van der Waals surface area contributed by atoms with E-state index in [9.17, 15) is 9.90 Å². The second-order valence-electron chi connectivity index (χ2n) is 4.63. The summed E-state index contributed by atoms with van der Waals surface area (Å²) in [6, 6.07) is 5.34. The number of H-pyrrole nitrogens is 1. The molecule has 0 spiro atoms. The van der Waals surface area contributed by atoms with Gasteiger partial charge in [-0.1, -0.05) is 12.1 Å². The summed E-state index contributed by atoms with van der Waals surface area (Å²) < 4.78 is 0. The summed E-state index contributed by atoms with van der Waals surface area (Å²) in [5.74, 6) is 0.335. The molecule has 0 fully saturated rings. The molecule has 98 valence electrons. The Morgan fingerprint density at radius 1 is 1.47 bits per heavy atom. The first-order valence-corrected chi connectivity index (χ1v) is 6.23. The number of carbonyl (C=O) groups excluding carboxylic acids is 1. The van der Waals surface area contributed by atoms with Crippen LogP contribution in [0.15, 0.2) is 24.4 Å². The van der Waals surface area contributed by atoms with Crippen LogP contribution in [0.25, 0.3) is 0 Å². The predicted octanol–water partition coefficient (Wildman–Crippen LogP) is 1.57. The molecule has 1 aliphatic carbocycles. The maximum absolute atomic E-state index is 12.3. The van der Waals surface area contributed by atoms with Gasteiger partial charge in [0.25, 0.3) is 0 Å². The topological polar surface area (TPSA) is 90.9 Å². The average molecular weight is 258 g/mol. The number of phenolic OH excluding ortho intramolecular Hbond substituents is 1. The van der Waals surface area contributed by atoms with Gasteiger partial charge in [-0.3, -0.25) is 4.79 Å². The summed E-state index contributed by atoms with van der Waals surface area (Å²) in [5.41, 5.74) is 1.79. The molecule has 1 heterocycles. The van der Waals surface area contributed by atoms with E-state index in [1.807, 2.05) is 6.07 Å². The second kappa shape index (κ2) is 4.72. The minimum absolute atomic E-state index is 0.111. The lowest BCUT2D eigenvalue weighted by Crippen LogP contribution is -2.24. The molecule has 3 rings (SSSR count).